The van der Waals surface area contributed by atoms with E-state index >= 15 is 0 Å². The molecule has 2 rings (SSSR count). The maximum Gasteiger partial charge on any atom is 0.387 e. The number of carbonyl (C=O) groups excluding carboxylic acids is 1. The smallest absolute Gasteiger partial charge is 0.387 e. The van der Waals surface area contributed by atoms with Crippen molar-refractivity contribution in [3.8, 4) is 5.75 Å². The number of rotatable bonds is 8. The lowest BCUT2D eigenvalue weighted by Gasteiger charge is -2.10. The first-order chi connectivity index (χ1) is 12.8. The fourth-order valence-electron chi connectivity index (χ4n) is 1.91. The second-order valence-corrected chi connectivity index (χ2v) is 5.23. The summed E-state index contributed by atoms with van der Waals surface area (Å²) in [5.74, 6) is -0.541. The molecule has 0 aromatic heterocycles. The van der Waals surface area contributed by atoms with Crippen LogP contribution < -0.4 is 10.1 Å². The number of nitrogens with one attached hydrogen (secondary N) is 1. The van der Waals surface area contributed by atoms with Gasteiger partial charge in [-0.25, -0.2) is 0 Å². The Labute approximate surface area is 152 Å². The molecule has 0 spiro atoms. The van der Waals surface area contributed by atoms with Crippen LogP contribution in [-0.2, 0) is 9.63 Å². The third-order valence-electron chi connectivity index (χ3n) is 3.22. The summed E-state index contributed by atoms with van der Waals surface area (Å²) in [5.41, 5.74) is 0.643. The molecule has 0 heterocycles. The fraction of sp³-hybridized carbons (Fsp3) is 0.176. The van der Waals surface area contributed by atoms with Gasteiger partial charge in [0.05, 0.1) is 11.1 Å². The number of non-ortho nitro benzene ring substituents is 1. The number of anilines is 1. The van der Waals surface area contributed by atoms with Crippen molar-refractivity contribution in [3.63, 3.8) is 0 Å². The van der Waals surface area contributed by atoms with Crippen molar-refractivity contribution in [1.29, 1.82) is 0 Å². The van der Waals surface area contributed by atoms with Gasteiger partial charge in [0.25, 0.3) is 11.6 Å². The van der Waals surface area contributed by atoms with E-state index in [1.165, 1.54) is 61.7 Å². The number of hydrogen-bond acceptors (Lipinski definition) is 6. The van der Waals surface area contributed by atoms with Crippen molar-refractivity contribution in [1.82, 2.24) is 0 Å². The predicted octanol–water partition coefficient (Wildman–Crippen LogP) is 3.57. The molecule has 0 bridgehead atoms. The molecular weight excluding hydrogens is 364 g/mol. The maximum absolute atomic E-state index is 12.1. The number of amides is 1. The summed E-state index contributed by atoms with van der Waals surface area (Å²) in [6.07, 6.45) is 0.325. The lowest BCUT2D eigenvalue weighted by atomic mass is 10.2. The zero-order valence-electron chi connectivity index (χ0n) is 14.0. The summed E-state index contributed by atoms with van der Waals surface area (Å²) in [6.45, 7) is -1.46. The molecule has 0 saturated heterocycles. The molecule has 0 aliphatic rings. The standard InChI is InChI=1S/C17H15F2N3O5/c1-11(16(23)21-13-3-2-4-14(9-13)22(24)25)27-20-10-12-5-7-15(8-6-12)26-17(18)19/h2-11,17H,1H3,(H,21,23)/b20-10+. The SMILES string of the molecule is CC(O/N=C/c1ccc(OC(F)F)cc1)C(=O)Nc1cccc([N+](=O)[O-])c1. The molecule has 2 aromatic carbocycles. The van der Waals surface area contributed by atoms with Gasteiger partial charge in [0.1, 0.15) is 5.75 Å². The summed E-state index contributed by atoms with van der Waals surface area (Å²) >= 11 is 0. The van der Waals surface area contributed by atoms with Gasteiger partial charge in [0.15, 0.2) is 0 Å². The van der Waals surface area contributed by atoms with E-state index in [1.54, 1.807) is 0 Å². The van der Waals surface area contributed by atoms with Gasteiger partial charge in [0, 0.05) is 17.8 Å². The maximum atomic E-state index is 12.1. The van der Waals surface area contributed by atoms with Crippen LogP contribution in [0.1, 0.15) is 12.5 Å². The molecule has 1 atom stereocenters. The van der Waals surface area contributed by atoms with Gasteiger partial charge in [0.2, 0.25) is 6.10 Å². The van der Waals surface area contributed by atoms with Crippen molar-refractivity contribution < 1.29 is 28.1 Å². The summed E-state index contributed by atoms with van der Waals surface area (Å²) in [5, 5.41) is 16.9. The molecule has 0 fully saturated rings. The van der Waals surface area contributed by atoms with Crippen molar-refractivity contribution in [3.05, 3.63) is 64.2 Å². The zero-order chi connectivity index (χ0) is 19.8. The molecule has 1 amide bonds. The van der Waals surface area contributed by atoms with Crippen molar-refractivity contribution in [2.75, 3.05) is 5.32 Å². The Morgan fingerprint density at radius 2 is 1.96 bits per heavy atom. The van der Waals surface area contributed by atoms with E-state index in [1.807, 2.05) is 0 Å². The topological polar surface area (TPSA) is 103 Å². The average Bonchev–Trinajstić information content (AvgIpc) is 2.62. The molecule has 1 unspecified atom stereocenters. The Kier molecular flexibility index (Phi) is 6.75. The van der Waals surface area contributed by atoms with E-state index in [4.69, 9.17) is 4.84 Å². The van der Waals surface area contributed by atoms with Crippen molar-refractivity contribution >= 4 is 23.5 Å². The number of nitro groups is 1. The monoisotopic (exact) mass is 379 g/mol. The van der Waals surface area contributed by atoms with Crippen LogP contribution in [0.25, 0.3) is 0 Å². The number of nitro benzene ring substituents is 1. The Bertz CT molecular complexity index is 828. The summed E-state index contributed by atoms with van der Waals surface area (Å²) in [7, 11) is 0. The van der Waals surface area contributed by atoms with Crippen LogP contribution in [0.2, 0.25) is 0 Å². The number of benzene rings is 2. The number of ether oxygens (including phenoxy) is 1. The Balaban J connectivity index is 1.88. The number of halogens is 2. The molecule has 10 heteroatoms. The highest BCUT2D eigenvalue weighted by atomic mass is 19.3. The third kappa shape index (κ3) is 6.34. The van der Waals surface area contributed by atoms with Gasteiger partial charge in [-0.1, -0.05) is 11.2 Å². The van der Waals surface area contributed by atoms with Gasteiger partial charge < -0.3 is 14.9 Å². The molecular formula is C17H15F2N3O5. The highest BCUT2D eigenvalue weighted by molar-refractivity contribution is 5.94. The van der Waals surface area contributed by atoms with Crippen LogP contribution in [0.4, 0.5) is 20.2 Å². The number of carbonyl (C=O) groups is 1. The van der Waals surface area contributed by atoms with Crippen LogP contribution in [0.5, 0.6) is 5.75 Å². The molecule has 27 heavy (non-hydrogen) atoms. The van der Waals surface area contributed by atoms with E-state index in [9.17, 15) is 23.7 Å². The van der Waals surface area contributed by atoms with E-state index in [0.29, 0.717) is 5.56 Å². The van der Waals surface area contributed by atoms with Crippen molar-refractivity contribution in [2.45, 2.75) is 19.6 Å². The summed E-state index contributed by atoms with van der Waals surface area (Å²) in [4.78, 5) is 27.2. The fourth-order valence-corrected chi connectivity index (χ4v) is 1.91. The van der Waals surface area contributed by atoms with Gasteiger partial charge in [-0.05, 0) is 42.8 Å². The predicted molar refractivity (Wildman–Crippen MR) is 92.9 cm³/mol. The average molecular weight is 379 g/mol. The Morgan fingerprint density at radius 1 is 1.26 bits per heavy atom. The normalized spacial score (nSPS) is 12.0. The van der Waals surface area contributed by atoms with Gasteiger partial charge in [-0.3, -0.25) is 14.9 Å². The van der Waals surface area contributed by atoms with Crippen LogP contribution in [0.3, 0.4) is 0 Å². The van der Waals surface area contributed by atoms with E-state index < -0.39 is 23.5 Å². The second-order valence-electron chi connectivity index (χ2n) is 5.23. The summed E-state index contributed by atoms with van der Waals surface area (Å²) < 4.78 is 28.4. The Hall–Kier alpha value is -3.56. The molecule has 1 N–H and O–H groups in total. The highest BCUT2D eigenvalue weighted by Crippen LogP contribution is 2.17. The van der Waals surface area contributed by atoms with Gasteiger partial charge in [-0.15, -0.1) is 0 Å². The van der Waals surface area contributed by atoms with Crippen LogP contribution in [0.15, 0.2) is 53.7 Å². The lowest BCUT2D eigenvalue weighted by Crippen LogP contribution is -2.26. The zero-order valence-corrected chi connectivity index (χ0v) is 14.0. The minimum atomic E-state index is -2.90. The molecule has 0 saturated carbocycles. The third-order valence-corrected chi connectivity index (χ3v) is 3.22. The molecule has 142 valence electrons. The lowest BCUT2D eigenvalue weighted by molar-refractivity contribution is -0.384. The van der Waals surface area contributed by atoms with Crippen molar-refractivity contribution in [2.24, 2.45) is 5.16 Å². The highest BCUT2D eigenvalue weighted by Gasteiger charge is 2.15. The molecule has 0 radical (unpaired) electrons. The van der Waals surface area contributed by atoms with Gasteiger partial charge in [-0.2, -0.15) is 8.78 Å². The Morgan fingerprint density at radius 3 is 2.59 bits per heavy atom. The number of hydrogen-bond donors (Lipinski definition) is 1. The molecule has 0 aliphatic heterocycles. The first kappa shape index (κ1) is 19.8. The largest absolute Gasteiger partial charge is 0.435 e. The number of alkyl halides is 2. The quantitative estimate of drug-likeness (QED) is 0.429. The molecule has 8 nitrogen and oxygen atoms in total. The molecule has 0 aliphatic carbocycles. The van der Waals surface area contributed by atoms with E-state index in [2.05, 4.69) is 15.2 Å². The van der Waals surface area contributed by atoms with Gasteiger partial charge >= 0.3 is 6.61 Å². The van der Waals surface area contributed by atoms with Crippen LogP contribution in [-0.4, -0.2) is 29.8 Å². The van der Waals surface area contributed by atoms with Crippen LogP contribution >= 0.6 is 0 Å². The van der Waals surface area contributed by atoms with Crippen LogP contribution in [0, 0.1) is 10.1 Å². The first-order valence-electron chi connectivity index (χ1n) is 7.64. The number of nitrogens with zero attached hydrogens (tertiary/aromatic N) is 2. The number of oxime groups is 1. The van der Waals surface area contributed by atoms with E-state index in [-0.39, 0.29) is 17.1 Å². The minimum absolute atomic E-state index is 0.00719. The summed E-state index contributed by atoms with van der Waals surface area (Å²) in [6, 6.07) is 11.1. The van der Waals surface area contributed by atoms with E-state index in [0.717, 1.165) is 0 Å². The second kappa shape index (κ2) is 9.22. The molecule has 2 aromatic rings. The minimum Gasteiger partial charge on any atom is -0.435 e. The first-order valence-corrected chi connectivity index (χ1v) is 7.64.